The molecule has 0 aliphatic heterocycles. The molecule has 1 amide bonds. The average Bonchev–Trinajstić information content (AvgIpc) is 3.09. The van der Waals surface area contributed by atoms with E-state index in [2.05, 4.69) is 15.3 Å². The Bertz CT molecular complexity index is 794. The molecule has 0 aliphatic carbocycles. The Morgan fingerprint density at radius 2 is 1.96 bits per heavy atom. The van der Waals surface area contributed by atoms with E-state index in [-0.39, 0.29) is 0 Å². The molecule has 2 aromatic heterocycles. The van der Waals surface area contributed by atoms with E-state index in [0.717, 1.165) is 10.7 Å². The average molecular weight is 355 g/mol. The molecule has 1 N–H and O–H groups in total. The molecule has 7 heteroatoms. The highest BCUT2D eigenvalue weighted by molar-refractivity contribution is 7.09. The molecule has 128 valence electrons. The van der Waals surface area contributed by atoms with Crippen LogP contribution in [-0.4, -0.2) is 22.6 Å². The maximum atomic E-state index is 11.7. The second kappa shape index (κ2) is 8.79. The van der Waals surface area contributed by atoms with Crippen LogP contribution in [0.4, 0.5) is 4.79 Å². The predicted octanol–water partition coefficient (Wildman–Crippen LogP) is 3.45. The first-order valence-corrected chi connectivity index (χ1v) is 8.64. The number of hydrogen-bond donors (Lipinski definition) is 1. The highest BCUT2D eigenvalue weighted by Gasteiger charge is 2.06. The number of amides is 1. The Labute approximate surface area is 149 Å². The SMILES string of the molecule is O=C(NCCc1csc(COc2cccnc2)n1)Oc1ccccc1. The monoisotopic (exact) mass is 355 g/mol. The van der Waals surface area contributed by atoms with Crippen LogP contribution < -0.4 is 14.8 Å². The highest BCUT2D eigenvalue weighted by atomic mass is 32.1. The number of hydrogen-bond acceptors (Lipinski definition) is 6. The molecular formula is C18H17N3O3S. The van der Waals surface area contributed by atoms with Gasteiger partial charge in [0, 0.05) is 24.5 Å². The van der Waals surface area contributed by atoms with Crippen molar-refractivity contribution in [2.45, 2.75) is 13.0 Å². The van der Waals surface area contributed by atoms with Crippen molar-refractivity contribution in [3.05, 3.63) is 70.9 Å². The predicted molar refractivity (Wildman–Crippen MR) is 94.9 cm³/mol. The van der Waals surface area contributed by atoms with Crippen molar-refractivity contribution in [3.63, 3.8) is 0 Å². The molecule has 6 nitrogen and oxygen atoms in total. The first kappa shape index (κ1) is 16.9. The van der Waals surface area contributed by atoms with Crippen molar-refractivity contribution < 1.29 is 14.3 Å². The van der Waals surface area contributed by atoms with Gasteiger partial charge in [0.15, 0.2) is 0 Å². The molecule has 0 fully saturated rings. The number of nitrogens with zero attached hydrogens (tertiary/aromatic N) is 2. The first-order chi connectivity index (χ1) is 12.3. The van der Waals surface area contributed by atoms with Gasteiger partial charge in [-0.15, -0.1) is 11.3 Å². The van der Waals surface area contributed by atoms with Gasteiger partial charge < -0.3 is 14.8 Å². The van der Waals surface area contributed by atoms with E-state index in [1.54, 1.807) is 24.5 Å². The Kier molecular flexibility index (Phi) is 5.95. The fourth-order valence-corrected chi connectivity index (χ4v) is 2.77. The van der Waals surface area contributed by atoms with Gasteiger partial charge >= 0.3 is 6.09 Å². The molecule has 0 atom stereocenters. The zero-order valence-corrected chi connectivity index (χ0v) is 14.2. The van der Waals surface area contributed by atoms with Crippen molar-refractivity contribution >= 4 is 17.4 Å². The second-order valence-electron chi connectivity index (χ2n) is 5.09. The third kappa shape index (κ3) is 5.58. The summed E-state index contributed by atoms with van der Waals surface area (Å²) in [5.74, 6) is 1.23. The number of carbonyl (C=O) groups is 1. The van der Waals surface area contributed by atoms with Gasteiger partial charge in [-0.25, -0.2) is 9.78 Å². The fraction of sp³-hybridized carbons (Fsp3) is 0.167. The molecule has 0 aliphatic rings. The van der Waals surface area contributed by atoms with Gasteiger partial charge in [0.1, 0.15) is 23.1 Å². The lowest BCUT2D eigenvalue weighted by Gasteiger charge is -2.05. The van der Waals surface area contributed by atoms with Crippen LogP contribution in [0.1, 0.15) is 10.7 Å². The lowest BCUT2D eigenvalue weighted by atomic mass is 10.3. The standard InChI is InChI=1S/C18H17N3O3S/c22-18(24-15-5-2-1-3-6-15)20-10-8-14-13-25-17(21-14)12-23-16-7-4-9-19-11-16/h1-7,9,11,13H,8,10,12H2,(H,20,22). The first-order valence-electron chi connectivity index (χ1n) is 7.76. The number of ether oxygens (including phenoxy) is 2. The van der Waals surface area contributed by atoms with E-state index in [9.17, 15) is 4.79 Å². The summed E-state index contributed by atoms with van der Waals surface area (Å²) in [6, 6.07) is 12.6. The number of carbonyl (C=O) groups excluding carboxylic acids is 1. The largest absolute Gasteiger partial charge is 0.485 e. The van der Waals surface area contributed by atoms with Gasteiger partial charge in [-0.1, -0.05) is 18.2 Å². The van der Waals surface area contributed by atoms with Crippen molar-refractivity contribution in [1.82, 2.24) is 15.3 Å². The van der Waals surface area contributed by atoms with Gasteiger partial charge in [0.2, 0.25) is 0 Å². The van der Waals surface area contributed by atoms with E-state index in [0.29, 0.717) is 31.1 Å². The number of nitrogens with one attached hydrogen (secondary N) is 1. The molecule has 3 aromatic rings. The minimum absolute atomic E-state index is 0.403. The number of para-hydroxylation sites is 1. The third-order valence-electron chi connectivity index (χ3n) is 3.20. The zero-order chi connectivity index (χ0) is 17.3. The second-order valence-corrected chi connectivity index (χ2v) is 6.03. The van der Waals surface area contributed by atoms with Crippen molar-refractivity contribution in [3.8, 4) is 11.5 Å². The van der Waals surface area contributed by atoms with Crippen LogP contribution in [0.15, 0.2) is 60.2 Å². The number of rotatable bonds is 7. The molecule has 3 rings (SSSR count). The van der Waals surface area contributed by atoms with E-state index in [1.165, 1.54) is 11.3 Å². The molecule has 0 unspecified atom stereocenters. The Hall–Kier alpha value is -2.93. The minimum Gasteiger partial charge on any atom is -0.485 e. The van der Waals surface area contributed by atoms with Gasteiger partial charge in [0.25, 0.3) is 0 Å². The van der Waals surface area contributed by atoms with Crippen LogP contribution >= 0.6 is 11.3 Å². The fourth-order valence-electron chi connectivity index (χ4n) is 2.03. The van der Waals surface area contributed by atoms with E-state index < -0.39 is 6.09 Å². The molecule has 2 heterocycles. The Morgan fingerprint density at radius 3 is 2.76 bits per heavy atom. The summed E-state index contributed by atoms with van der Waals surface area (Å²) >= 11 is 1.53. The minimum atomic E-state index is -0.471. The van der Waals surface area contributed by atoms with Crippen LogP contribution in [0.25, 0.3) is 0 Å². The maximum absolute atomic E-state index is 11.7. The molecule has 0 spiro atoms. The third-order valence-corrected chi connectivity index (χ3v) is 4.07. The van der Waals surface area contributed by atoms with E-state index >= 15 is 0 Å². The number of pyridine rings is 1. The normalized spacial score (nSPS) is 10.2. The number of aromatic nitrogens is 2. The lowest BCUT2D eigenvalue weighted by molar-refractivity contribution is 0.200. The molecule has 25 heavy (non-hydrogen) atoms. The summed E-state index contributed by atoms with van der Waals surface area (Å²) < 4.78 is 10.8. The summed E-state index contributed by atoms with van der Waals surface area (Å²) in [6.45, 7) is 0.859. The molecule has 0 saturated heterocycles. The van der Waals surface area contributed by atoms with Gasteiger partial charge in [-0.05, 0) is 24.3 Å². The van der Waals surface area contributed by atoms with Crippen LogP contribution in [0.2, 0.25) is 0 Å². The van der Waals surface area contributed by atoms with Crippen molar-refractivity contribution in [1.29, 1.82) is 0 Å². The quantitative estimate of drug-likeness (QED) is 0.703. The maximum Gasteiger partial charge on any atom is 0.412 e. The Morgan fingerprint density at radius 1 is 1.12 bits per heavy atom. The molecule has 0 bridgehead atoms. The van der Waals surface area contributed by atoms with Gasteiger partial charge in [-0.3, -0.25) is 4.98 Å². The molecular weight excluding hydrogens is 338 g/mol. The lowest BCUT2D eigenvalue weighted by Crippen LogP contribution is -2.28. The summed E-state index contributed by atoms with van der Waals surface area (Å²) in [5, 5.41) is 5.56. The number of thiazole rings is 1. The van der Waals surface area contributed by atoms with Crippen LogP contribution in [0.3, 0.4) is 0 Å². The molecule has 0 saturated carbocycles. The molecule has 1 aromatic carbocycles. The smallest absolute Gasteiger partial charge is 0.412 e. The van der Waals surface area contributed by atoms with Crippen LogP contribution in [0, 0.1) is 0 Å². The summed E-state index contributed by atoms with van der Waals surface area (Å²) in [4.78, 5) is 20.2. The Balaban J connectivity index is 1.39. The van der Waals surface area contributed by atoms with Crippen LogP contribution in [-0.2, 0) is 13.0 Å². The topological polar surface area (TPSA) is 73.3 Å². The summed E-state index contributed by atoms with van der Waals surface area (Å²) in [6.07, 6.45) is 3.52. The van der Waals surface area contributed by atoms with Crippen molar-refractivity contribution in [2.75, 3.05) is 6.54 Å². The summed E-state index contributed by atoms with van der Waals surface area (Å²) in [5.41, 5.74) is 0.912. The van der Waals surface area contributed by atoms with Crippen LogP contribution in [0.5, 0.6) is 11.5 Å². The summed E-state index contributed by atoms with van der Waals surface area (Å²) in [7, 11) is 0. The zero-order valence-electron chi connectivity index (χ0n) is 13.4. The van der Waals surface area contributed by atoms with Gasteiger partial charge in [-0.2, -0.15) is 0 Å². The number of benzene rings is 1. The van der Waals surface area contributed by atoms with E-state index in [1.807, 2.05) is 35.7 Å². The van der Waals surface area contributed by atoms with Gasteiger partial charge in [0.05, 0.1) is 11.9 Å². The van der Waals surface area contributed by atoms with E-state index in [4.69, 9.17) is 9.47 Å². The van der Waals surface area contributed by atoms with Crippen molar-refractivity contribution in [2.24, 2.45) is 0 Å². The molecule has 0 radical (unpaired) electrons. The highest BCUT2D eigenvalue weighted by Crippen LogP contribution is 2.14.